The molecule has 2 fully saturated rings. The van der Waals surface area contributed by atoms with Crippen LogP contribution in [0.4, 0.5) is 5.82 Å². The highest BCUT2D eigenvalue weighted by Crippen LogP contribution is 2.32. The first-order valence-electron chi connectivity index (χ1n) is 6.72. The molecule has 2 saturated heterocycles. The Morgan fingerprint density at radius 2 is 2.26 bits per heavy atom. The van der Waals surface area contributed by atoms with Crippen molar-refractivity contribution in [3.63, 3.8) is 0 Å². The fourth-order valence-corrected chi connectivity index (χ4v) is 4.35. The number of halogens is 1. The fraction of sp³-hybridized carbons (Fsp3) is 0.538. The minimum Gasteiger partial charge on any atom is -0.365 e. The molecule has 2 aliphatic heterocycles. The van der Waals surface area contributed by atoms with E-state index < -0.39 is 0 Å². The summed E-state index contributed by atoms with van der Waals surface area (Å²) in [6.07, 6.45) is 3.81. The number of nitrogens with one attached hydrogen (secondary N) is 1. The average Bonchev–Trinajstić information content (AvgIpc) is 3.05. The van der Waals surface area contributed by atoms with E-state index in [9.17, 15) is 0 Å². The van der Waals surface area contributed by atoms with Crippen LogP contribution < -0.4 is 5.32 Å². The average molecular weight is 295 g/mol. The predicted molar refractivity (Wildman–Crippen MR) is 79.0 cm³/mol. The van der Waals surface area contributed by atoms with Gasteiger partial charge in [-0.1, -0.05) is 0 Å². The van der Waals surface area contributed by atoms with Gasteiger partial charge in [-0.15, -0.1) is 11.3 Å². The molecule has 4 rings (SSSR count). The van der Waals surface area contributed by atoms with Crippen molar-refractivity contribution in [3.05, 3.63) is 16.7 Å². The molecule has 19 heavy (non-hydrogen) atoms. The molecule has 1 N–H and O–H groups in total. The third-order valence-electron chi connectivity index (χ3n) is 4.23. The topological polar surface area (TPSA) is 41.1 Å². The van der Waals surface area contributed by atoms with Crippen LogP contribution in [0.5, 0.6) is 0 Å². The van der Waals surface area contributed by atoms with Gasteiger partial charge in [-0.2, -0.15) is 0 Å². The van der Waals surface area contributed by atoms with Gasteiger partial charge in [-0.05, 0) is 48.9 Å². The van der Waals surface area contributed by atoms with Gasteiger partial charge >= 0.3 is 0 Å². The number of fused-ring (bicyclic) bond motifs is 2. The standard InChI is InChI=1S/C13H15ClN4S/c14-13-16-11(8-4-7-19-12(8)17-13)15-9-3-6-18-5-1-2-10(9)18/h4,7,9-10H,1-3,5-6H2,(H,15,16,17). The summed E-state index contributed by atoms with van der Waals surface area (Å²) in [6.45, 7) is 2.45. The highest BCUT2D eigenvalue weighted by atomic mass is 35.5. The largest absolute Gasteiger partial charge is 0.365 e. The van der Waals surface area contributed by atoms with Gasteiger partial charge < -0.3 is 5.32 Å². The minimum absolute atomic E-state index is 0.332. The molecule has 4 nitrogen and oxygen atoms in total. The van der Waals surface area contributed by atoms with Crippen molar-refractivity contribution in [2.24, 2.45) is 0 Å². The Labute approximate surface area is 120 Å². The molecule has 2 aromatic rings. The number of rotatable bonds is 2. The van der Waals surface area contributed by atoms with Crippen molar-refractivity contribution < 1.29 is 0 Å². The first kappa shape index (κ1) is 11.9. The van der Waals surface area contributed by atoms with Gasteiger partial charge in [0.05, 0.1) is 5.39 Å². The van der Waals surface area contributed by atoms with E-state index in [0.717, 1.165) is 16.0 Å². The molecule has 0 spiro atoms. The fourth-order valence-electron chi connectivity index (χ4n) is 3.37. The second kappa shape index (κ2) is 4.58. The highest BCUT2D eigenvalue weighted by Gasteiger charge is 2.37. The Morgan fingerprint density at radius 3 is 3.21 bits per heavy atom. The minimum atomic E-state index is 0.332. The smallest absolute Gasteiger partial charge is 0.225 e. The van der Waals surface area contributed by atoms with E-state index in [4.69, 9.17) is 11.6 Å². The van der Waals surface area contributed by atoms with E-state index in [1.165, 1.54) is 32.4 Å². The normalized spacial score (nSPS) is 27.0. The van der Waals surface area contributed by atoms with Crippen LogP contribution in [0, 0.1) is 0 Å². The molecule has 4 heterocycles. The molecule has 2 aliphatic rings. The van der Waals surface area contributed by atoms with Crippen LogP contribution in [0.1, 0.15) is 19.3 Å². The lowest BCUT2D eigenvalue weighted by Crippen LogP contribution is -2.34. The van der Waals surface area contributed by atoms with Crippen LogP contribution in [0.15, 0.2) is 11.4 Å². The molecule has 0 aromatic carbocycles. The van der Waals surface area contributed by atoms with Crippen molar-refractivity contribution in [3.8, 4) is 0 Å². The second-order valence-corrected chi connectivity index (χ2v) is 6.50. The zero-order valence-corrected chi connectivity index (χ0v) is 12.0. The quantitative estimate of drug-likeness (QED) is 0.865. The van der Waals surface area contributed by atoms with E-state index in [-0.39, 0.29) is 0 Å². The molecule has 0 radical (unpaired) electrons. The Kier molecular flexibility index (Phi) is 2.86. The number of thiophene rings is 1. The summed E-state index contributed by atoms with van der Waals surface area (Å²) in [5.41, 5.74) is 0. The Balaban J connectivity index is 1.66. The third-order valence-corrected chi connectivity index (χ3v) is 5.20. The van der Waals surface area contributed by atoms with Crippen LogP contribution >= 0.6 is 22.9 Å². The lowest BCUT2D eigenvalue weighted by atomic mass is 10.1. The van der Waals surface area contributed by atoms with Gasteiger partial charge in [0.2, 0.25) is 5.28 Å². The van der Waals surface area contributed by atoms with Crippen molar-refractivity contribution >= 4 is 39.0 Å². The van der Waals surface area contributed by atoms with Crippen molar-refractivity contribution in [2.75, 3.05) is 18.4 Å². The lowest BCUT2D eigenvalue weighted by molar-refractivity contribution is 0.318. The molecule has 2 aromatic heterocycles. The summed E-state index contributed by atoms with van der Waals surface area (Å²) >= 11 is 7.62. The molecule has 2 atom stereocenters. The summed E-state index contributed by atoms with van der Waals surface area (Å²) in [5.74, 6) is 0.898. The molecular weight excluding hydrogens is 280 g/mol. The van der Waals surface area contributed by atoms with Crippen LogP contribution in [0.3, 0.4) is 0 Å². The summed E-state index contributed by atoms with van der Waals surface area (Å²) in [4.78, 5) is 12.2. The van der Waals surface area contributed by atoms with Gasteiger partial charge in [0.25, 0.3) is 0 Å². The number of anilines is 1. The van der Waals surface area contributed by atoms with Gasteiger partial charge in [-0.25, -0.2) is 9.97 Å². The zero-order valence-electron chi connectivity index (χ0n) is 10.5. The SMILES string of the molecule is Clc1nc(NC2CCN3CCCC23)c2ccsc2n1. The highest BCUT2D eigenvalue weighted by molar-refractivity contribution is 7.16. The summed E-state index contributed by atoms with van der Waals surface area (Å²) < 4.78 is 0. The Morgan fingerprint density at radius 1 is 1.32 bits per heavy atom. The second-order valence-electron chi connectivity index (χ2n) is 5.27. The van der Waals surface area contributed by atoms with E-state index >= 15 is 0 Å². The molecular formula is C13H15ClN4S. The van der Waals surface area contributed by atoms with Gasteiger partial charge in [0.15, 0.2) is 0 Å². The summed E-state index contributed by atoms with van der Waals surface area (Å²) in [6, 6.07) is 3.24. The van der Waals surface area contributed by atoms with Crippen LogP contribution in [0.2, 0.25) is 5.28 Å². The summed E-state index contributed by atoms with van der Waals surface area (Å²) in [7, 11) is 0. The van der Waals surface area contributed by atoms with E-state index in [0.29, 0.717) is 17.4 Å². The maximum Gasteiger partial charge on any atom is 0.225 e. The first-order valence-corrected chi connectivity index (χ1v) is 7.98. The Hall–Kier alpha value is -0.910. The third kappa shape index (κ3) is 2.00. The number of aromatic nitrogens is 2. The molecule has 2 unspecified atom stereocenters. The molecule has 0 bridgehead atoms. The number of hydrogen-bond acceptors (Lipinski definition) is 5. The van der Waals surface area contributed by atoms with E-state index in [1.807, 2.05) is 5.38 Å². The molecule has 0 aliphatic carbocycles. The molecule has 6 heteroatoms. The molecule has 0 saturated carbocycles. The Bertz CT molecular complexity index is 614. The van der Waals surface area contributed by atoms with E-state index in [2.05, 4.69) is 26.3 Å². The van der Waals surface area contributed by atoms with Gasteiger partial charge in [0.1, 0.15) is 10.6 Å². The monoisotopic (exact) mass is 294 g/mol. The zero-order chi connectivity index (χ0) is 12.8. The first-order chi connectivity index (χ1) is 9.31. The molecule has 100 valence electrons. The van der Waals surface area contributed by atoms with Crippen molar-refractivity contribution in [2.45, 2.75) is 31.3 Å². The van der Waals surface area contributed by atoms with E-state index in [1.54, 1.807) is 11.3 Å². The maximum atomic E-state index is 6.01. The van der Waals surface area contributed by atoms with Crippen molar-refractivity contribution in [1.82, 2.24) is 14.9 Å². The lowest BCUT2D eigenvalue weighted by Gasteiger charge is -2.22. The number of nitrogens with zero attached hydrogens (tertiary/aromatic N) is 3. The van der Waals surface area contributed by atoms with Crippen LogP contribution in [-0.4, -0.2) is 40.0 Å². The summed E-state index contributed by atoms with van der Waals surface area (Å²) in [5, 5.41) is 7.07. The predicted octanol–water partition coefficient (Wildman–Crippen LogP) is 2.99. The van der Waals surface area contributed by atoms with Crippen LogP contribution in [-0.2, 0) is 0 Å². The van der Waals surface area contributed by atoms with Crippen molar-refractivity contribution in [1.29, 1.82) is 0 Å². The van der Waals surface area contributed by atoms with Gasteiger partial charge in [-0.3, -0.25) is 4.90 Å². The number of hydrogen-bond donors (Lipinski definition) is 1. The van der Waals surface area contributed by atoms with Gasteiger partial charge in [0, 0.05) is 18.6 Å². The molecule has 0 amide bonds. The van der Waals surface area contributed by atoms with Crippen LogP contribution in [0.25, 0.3) is 10.2 Å². The maximum absolute atomic E-state index is 6.01.